The molecule has 74 heavy (non-hydrogen) atoms. The lowest BCUT2D eigenvalue weighted by molar-refractivity contribution is 0.794. The average molecular weight is 979 g/mol. The van der Waals surface area contributed by atoms with E-state index in [1.54, 1.807) is 0 Å². The maximum absolute atomic E-state index is 2.48. The van der Waals surface area contributed by atoms with E-state index in [0.717, 1.165) is 39.7 Å². The number of para-hydroxylation sites is 2. The van der Waals surface area contributed by atoms with Crippen LogP contribution in [-0.2, 0) is 5.41 Å². The lowest BCUT2D eigenvalue weighted by Crippen LogP contribution is -2.25. The molecule has 0 unspecified atom stereocenters. The second kappa shape index (κ2) is 16.9. The number of fused-ring (bicyclic) bond motifs is 16. The number of hydrogen-bond acceptors (Lipinski definition) is 4. The van der Waals surface area contributed by atoms with E-state index in [9.17, 15) is 0 Å². The van der Waals surface area contributed by atoms with E-state index < -0.39 is 5.41 Å². The number of nitrogens with zero attached hydrogens (tertiary/aromatic N) is 2. The third kappa shape index (κ3) is 6.42. The zero-order chi connectivity index (χ0) is 48.9. The summed E-state index contributed by atoms with van der Waals surface area (Å²) in [6, 6.07) is 93.1. The SMILES string of the molecule is C/C=C/c1ccc2sc3ccc(-c4ccc(N(c5ccccc5)c5ccc6c(c5)-c5ccccc5C65c6ccccc6-c6ccccc65)cc4N(c4ccccc4)c4ccc5sc6ccccc6c5c4)cc3c2c1. The Morgan fingerprint density at radius 3 is 1.50 bits per heavy atom. The lowest BCUT2D eigenvalue weighted by atomic mass is 9.70. The fourth-order valence-corrected chi connectivity index (χ4v) is 14.6. The summed E-state index contributed by atoms with van der Waals surface area (Å²) in [7, 11) is 0. The number of benzene rings is 11. The highest BCUT2D eigenvalue weighted by Crippen LogP contribution is 2.63. The van der Waals surface area contributed by atoms with E-state index in [1.165, 1.54) is 96.0 Å². The first-order valence-electron chi connectivity index (χ1n) is 25.4. The van der Waals surface area contributed by atoms with Gasteiger partial charge in [-0.25, -0.2) is 0 Å². The smallest absolute Gasteiger partial charge is 0.0725 e. The second-order valence-electron chi connectivity index (χ2n) is 19.5. The molecule has 13 aromatic rings. The minimum atomic E-state index is -0.418. The molecule has 0 bridgehead atoms. The Hall–Kier alpha value is -8.80. The van der Waals surface area contributed by atoms with Crippen LogP contribution < -0.4 is 9.80 Å². The van der Waals surface area contributed by atoms with Crippen molar-refractivity contribution in [3.63, 3.8) is 0 Å². The Morgan fingerprint density at radius 2 is 0.811 bits per heavy atom. The van der Waals surface area contributed by atoms with Gasteiger partial charge in [0.1, 0.15) is 0 Å². The third-order valence-electron chi connectivity index (χ3n) is 15.5. The molecule has 348 valence electrons. The van der Waals surface area contributed by atoms with Crippen LogP contribution in [0.1, 0.15) is 34.7 Å². The minimum absolute atomic E-state index is 0.418. The summed E-state index contributed by atoms with van der Waals surface area (Å²) in [5.41, 5.74) is 20.2. The van der Waals surface area contributed by atoms with Gasteiger partial charge in [0.05, 0.1) is 11.1 Å². The lowest BCUT2D eigenvalue weighted by Gasteiger charge is -2.32. The van der Waals surface area contributed by atoms with Crippen LogP contribution in [0.3, 0.4) is 0 Å². The van der Waals surface area contributed by atoms with Gasteiger partial charge in [-0.05, 0) is 160 Å². The van der Waals surface area contributed by atoms with E-state index >= 15 is 0 Å². The van der Waals surface area contributed by atoms with Crippen LogP contribution in [0.2, 0.25) is 0 Å². The Bertz CT molecular complexity index is 4360. The van der Waals surface area contributed by atoms with Crippen molar-refractivity contribution in [3.8, 4) is 33.4 Å². The summed E-state index contributed by atoms with van der Waals surface area (Å²) in [6.07, 6.45) is 4.31. The van der Waals surface area contributed by atoms with Crippen molar-refractivity contribution in [1.29, 1.82) is 0 Å². The molecule has 2 heterocycles. The molecule has 2 aliphatic rings. The van der Waals surface area contributed by atoms with Crippen molar-refractivity contribution in [2.75, 3.05) is 9.80 Å². The molecule has 0 atom stereocenters. The molecular weight excluding hydrogens is 933 g/mol. The van der Waals surface area contributed by atoms with Crippen molar-refractivity contribution in [2.45, 2.75) is 12.3 Å². The topological polar surface area (TPSA) is 6.48 Å². The number of allylic oxidation sites excluding steroid dienone is 1. The highest BCUT2D eigenvalue weighted by molar-refractivity contribution is 7.26. The molecule has 0 aliphatic heterocycles. The van der Waals surface area contributed by atoms with Gasteiger partial charge >= 0.3 is 0 Å². The summed E-state index contributed by atoms with van der Waals surface area (Å²) in [5.74, 6) is 0. The first kappa shape index (κ1) is 42.8. The van der Waals surface area contributed by atoms with Crippen LogP contribution >= 0.6 is 22.7 Å². The first-order valence-corrected chi connectivity index (χ1v) is 27.1. The highest BCUT2D eigenvalue weighted by atomic mass is 32.1. The van der Waals surface area contributed by atoms with E-state index in [2.05, 4.69) is 278 Å². The number of thiophene rings is 2. The summed E-state index contributed by atoms with van der Waals surface area (Å²) in [4.78, 5) is 4.93. The van der Waals surface area contributed by atoms with Gasteiger partial charge < -0.3 is 9.80 Å². The molecule has 2 nitrogen and oxygen atoms in total. The van der Waals surface area contributed by atoms with Crippen LogP contribution in [0.4, 0.5) is 34.1 Å². The molecule has 1 spiro atoms. The summed E-state index contributed by atoms with van der Waals surface area (Å²) < 4.78 is 5.16. The maximum Gasteiger partial charge on any atom is 0.0725 e. The van der Waals surface area contributed by atoms with Crippen LogP contribution in [0.5, 0.6) is 0 Å². The van der Waals surface area contributed by atoms with E-state index in [4.69, 9.17) is 0 Å². The Morgan fingerprint density at radius 1 is 0.324 bits per heavy atom. The molecule has 0 amide bonds. The highest BCUT2D eigenvalue weighted by Gasteiger charge is 2.51. The zero-order valence-electron chi connectivity index (χ0n) is 40.5. The molecule has 15 rings (SSSR count). The molecule has 0 N–H and O–H groups in total. The van der Waals surface area contributed by atoms with Crippen molar-refractivity contribution < 1.29 is 0 Å². The van der Waals surface area contributed by atoms with Gasteiger partial charge in [0.25, 0.3) is 0 Å². The van der Waals surface area contributed by atoms with Gasteiger partial charge in [-0.15, -0.1) is 22.7 Å². The maximum atomic E-state index is 2.48. The first-order chi connectivity index (χ1) is 36.6. The van der Waals surface area contributed by atoms with Crippen molar-refractivity contribution >= 4 is 103 Å². The fourth-order valence-electron chi connectivity index (χ4n) is 12.5. The van der Waals surface area contributed by atoms with Crippen LogP contribution in [0.25, 0.3) is 79.8 Å². The molecule has 2 aliphatic carbocycles. The summed E-state index contributed by atoms with van der Waals surface area (Å²) >= 11 is 3.72. The van der Waals surface area contributed by atoms with Gasteiger partial charge in [-0.2, -0.15) is 0 Å². The van der Waals surface area contributed by atoms with Crippen LogP contribution in [-0.4, -0.2) is 0 Å². The van der Waals surface area contributed by atoms with Gasteiger partial charge in [0.15, 0.2) is 0 Å². The normalized spacial score (nSPS) is 13.0. The predicted molar refractivity (Wildman–Crippen MR) is 318 cm³/mol. The molecule has 0 saturated heterocycles. The van der Waals surface area contributed by atoms with Gasteiger partial charge in [-0.1, -0.05) is 164 Å². The molecule has 11 aromatic carbocycles. The van der Waals surface area contributed by atoms with Gasteiger partial charge in [0.2, 0.25) is 0 Å². The molecule has 4 heteroatoms. The largest absolute Gasteiger partial charge is 0.310 e. The summed E-state index contributed by atoms with van der Waals surface area (Å²) in [6.45, 7) is 2.09. The predicted octanol–water partition coefficient (Wildman–Crippen LogP) is 20.4. The Kier molecular flexibility index (Phi) is 9.78. The number of anilines is 6. The molecule has 0 radical (unpaired) electrons. The number of rotatable bonds is 8. The Labute approximate surface area is 438 Å². The number of hydrogen-bond donors (Lipinski definition) is 0. The van der Waals surface area contributed by atoms with Gasteiger partial charge in [0, 0.05) is 74.3 Å². The van der Waals surface area contributed by atoms with Gasteiger partial charge in [-0.3, -0.25) is 0 Å². The van der Waals surface area contributed by atoms with Crippen molar-refractivity contribution in [2.24, 2.45) is 0 Å². The fraction of sp³-hybridized carbons (Fsp3) is 0.0286. The van der Waals surface area contributed by atoms with E-state index in [0.29, 0.717) is 0 Å². The molecule has 0 saturated carbocycles. The summed E-state index contributed by atoms with van der Waals surface area (Å²) in [5, 5.41) is 5.11. The third-order valence-corrected chi connectivity index (χ3v) is 17.8. The molecule has 0 fully saturated rings. The molecular formula is C70H46N2S2. The minimum Gasteiger partial charge on any atom is -0.310 e. The van der Waals surface area contributed by atoms with E-state index in [1.807, 2.05) is 22.7 Å². The monoisotopic (exact) mass is 978 g/mol. The molecule has 2 aromatic heterocycles. The standard InChI is InChI=1S/C70H46N2S2/c1-2-17-45-30-37-67-58(40-45)59-41-46(31-38-68(59)74-67)52-35-32-51(44-65(52)72(48-20-7-4-8-21-48)50-34-39-69-60(43-50)56-25-12-16-29-66(56)73-69)71(47-18-5-3-6-19-47)49-33-36-64-57(42-49)55-24-11-15-28-63(55)70(64)61-26-13-9-22-53(61)54-23-10-14-27-62(54)70/h2-44H,1H3/b17-2+. The second-order valence-corrected chi connectivity index (χ2v) is 21.7. The van der Waals surface area contributed by atoms with Crippen LogP contribution in [0, 0.1) is 0 Å². The Balaban J connectivity index is 0.975. The van der Waals surface area contributed by atoms with Crippen molar-refractivity contribution in [3.05, 3.63) is 283 Å². The average Bonchev–Trinajstić information content (AvgIpc) is 4.21. The quantitative estimate of drug-likeness (QED) is 0.150. The zero-order valence-corrected chi connectivity index (χ0v) is 42.2. The van der Waals surface area contributed by atoms with Crippen molar-refractivity contribution in [1.82, 2.24) is 0 Å². The van der Waals surface area contributed by atoms with E-state index in [-0.39, 0.29) is 0 Å². The van der Waals surface area contributed by atoms with Crippen LogP contribution in [0.15, 0.2) is 255 Å².